The molecule has 4 heterocycles. The van der Waals surface area contributed by atoms with Crippen LogP contribution in [0.1, 0.15) is 10.4 Å². The van der Waals surface area contributed by atoms with Gasteiger partial charge >= 0.3 is 0 Å². The molecule has 1 aromatic carbocycles. The van der Waals surface area contributed by atoms with Gasteiger partial charge in [0.2, 0.25) is 5.88 Å². The van der Waals surface area contributed by atoms with E-state index in [-0.39, 0.29) is 5.91 Å². The van der Waals surface area contributed by atoms with Crippen LogP contribution in [0.5, 0.6) is 5.88 Å². The van der Waals surface area contributed by atoms with Crippen molar-refractivity contribution in [2.75, 3.05) is 38.2 Å². The van der Waals surface area contributed by atoms with Crippen LogP contribution in [0.15, 0.2) is 61.2 Å². The number of benzene rings is 1. The minimum absolute atomic E-state index is 0.0334. The largest absolute Gasteiger partial charge is 0.481 e. The number of anilines is 1. The molecule has 0 saturated carbocycles. The smallest absolute Gasteiger partial charge is 0.257 e. The molecule has 0 bridgehead atoms. The van der Waals surface area contributed by atoms with E-state index in [1.54, 1.807) is 24.2 Å². The van der Waals surface area contributed by atoms with Gasteiger partial charge in [-0.2, -0.15) is 5.10 Å². The van der Waals surface area contributed by atoms with Gasteiger partial charge in [0.15, 0.2) is 0 Å². The molecule has 5 rings (SSSR count). The molecule has 3 aromatic heterocycles. The Labute approximate surface area is 186 Å². The summed E-state index contributed by atoms with van der Waals surface area (Å²) in [6.07, 6.45) is 7.15. The van der Waals surface area contributed by atoms with Crippen LogP contribution in [0, 0.1) is 0 Å². The van der Waals surface area contributed by atoms with Gasteiger partial charge in [-0.3, -0.25) is 14.5 Å². The van der Waals surface area contributed by atoms with E-state index in [0.717, 1.165) is 40.8 Å². The van der Waals surface area contributed by atoms with Gasteiger partial charge in [0.1, 0.15) is 0 Å². The molecule has 1 aliphatic heterocycles. The zero-order valence-corrected chi connectivity index (χ0v) is 18.1. The van der Waals surface area contributed by atoms with Crippen molar-refractivity contribution in [2.24, 2.45) is 7.05 Å². The Morgan fingerprint density at radius 3 is 2.56 bits per heavy atom. The third-order valence-electron chi connectivity index (χ3n) is 5.81. The second-order valence-electron chi connectivity index (χ2n) is 7.87. The lowest BCUT2D eigenvalue weighted by Gasteiger charge is -2.36. The number of nitrogens with zero attached hydrogens (tertiary/aromatic N) is 6. The Morgan fingerprint density at radius 1 is 0.969 bits per heavy atom. The average Bonchev–Trinajstić information content (AvgIpc) is 3.29. The van der Waals surface area contributed by atoms with Crippen LogP contribution >= 0.6 is 0 Å². The molecule has 0 unspecified atom stereocenters. The number of pyridine rings is 2. The zero-order chi connectivity index (χ0) is 22.1. The minimum atomic E-state index is 0.0334. The number of piperazine rings is 1. The third kappa shape index (κ3) is 3.87. The van der Waals surface area contributed by atoms with Gasteiger partial charge in [-0.15, -0.1) is 0 Å². The molecule has 8 heteroatoms. The van der Waals surface area contributed by atoms with Crippen molar-refractivity contribution >= 4 is 22.5 Å². The number of fused-ring (bicyclic) bond motifs is 1. The number of hydrogen-bond donors (Lipinski definition) is 0. The van der Waals surface area contributed by atoms with Crippen LogP contribution in [-0.2, 0) is 7.05 Å². The van der Waals surface area contributed by atoms with E-state index < -0.39 is 0 Å². The number of aryl methyl sites for hydroxylation is 1. The molecule has 8 nitrogen and oxygen atoms in total. The van der Waals surface area contributed by atoms with Crippen molar-refractivity contribution in [3.63, 3.8) is 0 Å². The molecule has 162 valence electrons. The first-order chi connectivity index (χ1) is 15.6. The quantitative estimate of drug-likeness (QED) is 0.497. The van der Waals surface area contributed by atoms with E-state index in [2.05, 4.69) is 38.2 Å². The lowest BCUT2D eigenvalue weighted by Crippen LogP contribution is -2.48. The number of carbonyl (C=O) groups is 1. The number of amides is 1. The molecular formula is C24H24N6O2. The summed E-state index contributed by atoms with van der Waals surface area (Å²) in [5, 5.41) is 5.15. The Morgan fingerprint density at radius 2 is 1.81 bits per heavy atom. The van der Waals surface area contributed by atoms with E-state index in [1.165, 1.54) is 0 Å². The number of aromatic nitrogens is 4. The zero-order valence-electron chi connectivity index (χ0n) is 18.1. The van der Waals surface area contributed by atoms with E-state index in [9.17, 15) is 4.79 Å². The molecule has 0 radical (unpaired) electrons. The van der Waals surface area contributed by atoms with Crippen molar-refractivity contribution in [3.05, 3.63) is 66.7 Å². The standard InChI is InChI=1S/C24H24N6O2/c1-28-16-20(14-26-28)24(31)30-9-7-29(8-10-30)21-12-19(13-25-15-21)17-3-5-22-18(11-17)4-6-23(27-22)32-2/h3-6,11-16H,7-10H2,1-2H3. The number of hydrogen-bond acceptors (Lipinski definition) is 6. The molecule has 4 aromatic rings. The van der Waals surface area contributed by atoms with Crippen molar-refractivity contribution < 1.29 is 9.53 Å². The van der Waals surface area contributed by atoms with Crippen LogP contribution in [-0.4, -0.2) is 63.8 Å². The predicted molar refractivity (Wildman–Crippen MR) is 123 cm³/mol. The van der Waals surface area contributed by atoms with Crippen molar-refractivity contribution in [3.8, 4) is 17.0 Å². The second-order valence-corrected chi connectivity index (χ2v) is 7.87. The van der Waals surface area contributed by atoms with Crippen molar-refractivity contribution in [2.45, 2.75) is 0 Å². The van der Waals surface area contributed by atoms with Gasteiger partial charge in [0, 0.05) is 62.6 Å². The monoisotopic (exact) mass is 428 g/mol. The maximum atomic E-state index is 12.7. The normalized spacial score (nSPS) is 14.1. The first kappa shape index (κ1) is 20.0. The summed E-state index contributed by atoms with van der Waals surface area (Å²) in [4.78, 5) is 25.8. The number of methoxy groups -OCH3 is 1. The first-order valence-electron chi connectivity index (χ1n) is 10.5. The topological polar surface area (TPSA) is 76.4 Å². The summed E-state index contributed by atoms with van der Waals surface area (Å²) in [5.74, 6) is 0.640. The molecule has 1 saturated heterocycles. The highest BCUT2D eigenvalue weighted by atomic mass is 16.5. The van der Waals surface area contributed by atoms with Gasteiger partial charge in [0.25, 0.3) is 5.91 Å². The van der Waals surface area contributed by atoms with Crippen LogP contribution < -0.4 is 9.64 Å². The molecule has 1 amide bonds. The van der Waals surface area contributed by atoms with E-state index in [0.29, 0.717) is 24.5 Å². The van der Waals surface area contributed by atoms with Crippen LogP contribution in [0.4, 0.5) is 5.69 Å². The SMILES string of the molecule is COc1ccc2cc(-c3cncc(N4CCN(C(=O)c5cnn(C)c5)CC4)c3)ccc2n1. The molecule has 1 aliphatic rings. The van der Waals surface area contributed by atoms with Gasteiger partial charge < -0.3 is 14.5 Å². The Bertz CT molecular complexity index is 1280. The van der Waals surface area contributed by atoms with E-state index >= 15 is 0 Å². The van der Waals surface area contributed by atoms with Gasteiger partial charge in [-0.1, -0.05) is 6.07 Å². The fraction of sp³-hybridized carbons (Fsp3) is 0.250. The predicted octanol–water partition coefficient (Wildman–Crippen LogP) is 3.00. The summed E-state index contributed by atoms with van der Waals surface area (Å²) < 4.78 is 6.87. The van der Waals surface area contributed by atoms with Crippen molar-refractivity contribution in [1.29, 1.82) is 0 Å². The number of rotatable bonds is 4. The molecule has 1 fully saturated rings. The lowest BCUT2D eigenvalue weighted by molar-refractivity contribution is 0.0746. The fourth-order valence-corrected chi connectivity index (χ4v) is 4.04. The van der Waals surface area contributed by atoms with Crippen molar-refractivity contribution in [1.82, 2.24) is 24.6 Å². The summed E-state index contributed by atoms with van der Waals surface area (Å²) in [6, 6.07) is 12.2. The fourth-order valence-electron chi connectivity index (χ4n) is 4.04. The number of carbonyl (C=O) groups excluding carboxylic acids is 1. The molecular weight excluding hydrogens is 404 g/mol. The van der Waals surface area contributed by atoms with Gasteiger partial charge in [-0.25, -0.2) is 4.98 Å². The maximum absolute atomic E-state index is 12.7. The highest BCUT2D eigenvalue weighted by Gasteiger charge is 2.23. The van der Waals surface area contributed by atoms with E-state index in [4.69, 9.17) is 4.74 Å². The highest BCUT2D eigenvalue weighted by Crippen LogP contribution is 2.28. The average molecular weight is 428 g/mol. The number of ether oxygens (including phenoxy) is 1. The first-order valence-corrected chi connectivity index (χ1v) is 10.5. The maximum Gasteiger partial charge on any atom is 0.257 e. The van der Waals surface area contributed by atoms with Gasteiger partial charge in [0.05, 0.1) is 36.3 Å². The summed E-state index contributed by atoms with van der Waals surface area (Å²) in [5.41, 5.74) is 4.72. The second kappa shape index (κ2) is 8.30. The molecule has 32 heavy (non-hydrogen) atoms. The van der Waals surface area contributed by atoms with Gasteiger partial charge in [-0.05, 0) is 29.8 Å². The van der Waals surface area contributed by atoms with Crippen LogP contribution in [0.25, 0.3) is 22.0 Å². The van der Waals surface area contributed by atoms with E-state index in [1.807, 2.05) is 42.5 Å². The highest BCUT2D eigenvalue weighted by molar-refractivity contribution is 5.94. The third-order valence-corrected chi connectivity index (χ3v) is 5.81. The molecule has 0 spiro atoms. The van der Waals surface area contributed by atoms with Crippen LogP contribution in [0.3, 0.4) is 0 Å². The molecule has 0 aliphatic carbocycles. The Balaban J connectivity index is 1.31. The minimum Gasteiger partial charge on any atom is -0.481 e. The lowest BCUT2D eigenvalue weighted by atomic mass is 10.0. The molecule has 0 N–H and O–H groups in total. The van der Waals surface area contributed by atoms with Crippen LogP contribution in [0.2, 0.25) is 0 Å². The Hall–Kier alpha value is -3.94. The summed E-state index contributed by atoms with van der Waals surface area (Å²) >= 11 is 0. The Kier molecular flexibility index (Phi) is 5.18. The summed E-state index contributed by atoms with van der Waals surface area (Å²) in [7, 11) is 3.44. The summed E-state index contributed by atoms with van der Waals surface area (Å²) in [6.45, 7) is 2.86. The molecule has 0 atom stereocenters.